The Balaban J connectivity index is 1.78. The third-order valence-corrected chi connectivity index (χ3v) is 3.84. The molecular weight excluding hydrogens is 292 g/mol. The molecule has 2 amide bonds. The number of benzene rings is 1. The first-order valence-corrected chi connectivity index (χ1v) is 8.29. The summed E-state index contributed by atoms with van der Waals surface area (Å²) in [5.74, 6) is 0.398. The van der Waals surface area contributed by atoms with Crippen LogP contribution in [-0.2, 0) is 16.1 Å². The van der Waals surface area contributed by atoms with Crippen LogP contribution in [0.15, 0.2) is 30.3 Å². The molecule has 0 spiro atoms. The van der Waals surface area contributed by atoms with E-state index in [0.29, 0.717) is 25.4 Å². The van der Waals surface area contributed by atoms with Crippen molar-refractivity contribution in [3.8, 4) is 0 Å². The molecular formula is C18H26N2O3. The van der Waals surface area contributed by atoms with E-state index in [1.807, 2.05) is 44.2 Å². The lowest BCUT2D eigenvalue weighted by Gasteiger charge is -2.32. The second-order valence-electron chi connectivity index (χ2n) is 6.49. The van der Waals surface area contributed by atoms with Crippen LogP contribution in [0.3, 0.4) is 0 Å². The Hall–Kier alpha value is -2.04. The molecule has 2 rings (SSSR count). The normalized spacial score (nSPS) is 17.9. The van der Waals surface area contributed by atoms with Gasteiger partial charge in [0.05, 0.1) is 0 Å². The van der Waals surface area contributed by atoms with E-state index in [-0.39, 0.29) is 24.6 Å². The van der Waals surface area contributed by atoms with Gasteiger partial charge in [-0.2, -0.15) is 0 Å². The van der Waals surface area contributed by atoms with Gasteiger partial charge in [0.1, 0.15) is 6.61 Å². The third-order valence-electron chi connectivity index (χ3n) is 3.84. The summed E-state index contributed by atoms with van der Waals surface area (Å²) in [6.07, 6.45) is 2.01. The molecule has 1 unspecified atom stereocenters. The molecule has 5 heteroatoms. The van der Waals surface area contributed by atoms with Gasteiger partial charge in [-0.15, -0.1) is 0 Å². The maximum Gasteiger partial charge on any atom is 0.410 e. The Morgan fingerprint density at radius 2 is 2.04 bits per heavy atom. The largest absolute Gasteiger partial charge is 0.445 e. The molecule has 1 saturated heterocycles. The molecule has 1 heterocycles. The predicted octanol–water partition coefficient (Wildman–Crippen LogP) is 2.95. The Kier molecular flexibility index (Phi) is 6.44. The molecule has 1 aromatic carbocycles. The molecule has 0 radical (unpaired) electrons. The number of hydrogen-bond donors (Lipinski definition) is 1. The molecule has 1 fully saturated rings. The van der Waals surface area contributed by atoms with Crippen molar-refractivity contribution in [2.75, 3.05) is 13.1 Å². The topological polar surface area (TPSA) is 58.6 Å². The SMILES string of the molecule is CC(C)CC(=O)NC1CCCN(C(=O)OCc2ccccc2)C1. The van der Waals surface area contributed by atoms with E-state index >= 15 is 0 Å². The molecule has 1 aromatic rings. The van der Waals surface area contributed by atoms with Gasteiger partial charge in [0.15, 0.2) is 0 Å². The number of piperidine rings is 1. The lowest BCUT2D eigenvalue weighted by atomic mass is 10.0. The van der Waals surface area contributed by atoms with E-state index in [9.17, 15) is 9.59 Å². The third kappa shape index (κ3) is 5.93. The molecule has 1 aliphatic rings. The number of nitrogens with zero attached hydrogens (tertiary/aromatic N) is 1. The van der Waals surface area contributed by atoms with Gasteiger partial charge in [-0.3, -0.25) is 4.79 Å². The summed E-state index contributed by atoms with van der Waals surface area (Å²) in [7, 11) is 0. The lowest BCUT2D eigenvalue weighted by Crippen LogP contribution is -2.49. The minimum atomic E-state index is -0.309. The van der Waals surface area contributed by atoms with E-state index in [4.69, 9.17) is 4.74 Å². The second-order valence-corrected chi connectivity index (χ2v) is 6.49. The van der Waals surface area contributed by atoms with Crippen molar-refractivity contribution in [1.29, 1.82) is 0 Å². The van der Waals surface area contributed by atoms with Crippen molar-refractivity contribution in [2.24, 2.45) is 5.92 Å². The Morgan fingerprint density at radius 1 is 1.30 bits per heavy atom. The summed E-state index contributed by atoms with van der Waals surface area (Å²) in [5, 5.41) is 3.02. The van der Waals surface area contributed by atoms with Crippen LogP contribution in [-0.4, -0.2) is 36.0 Å². The first-order chi connectivity index (χ1) is 11.0. The van der Waals surface area contributed by atoms with Crippen molar-refractivity contribution in [3.63, 3.8) is 0 Å². The summed E-state index contributed by atoms with van der Waals surface area (Å²) >= 11 is 0. The van der Waals surface area contributed by atoms with Gasteiger partial charge in [0.2, 0.25) is 5.91 Å². The van der Waals surface area contributed by atoms with Crippen LogP contribution in [0.2, 0.25) is 0 Å². The summed E-state index contributed by atoms with van der Waals surface area (Å²) in [6, 6.07) is 9.66. The first kappa shape index (κ1) is 17.3. The molecule has 0 bridgehead atoms. The second kappa shape index (κ2) is 8.56. The van der Waals surface area contributed by atoms with E-state index in [0.717, 1.165) is 18.4 Å². The fraction of sp³-hybridized carbons (Fsp3) is 0.556. The first-order valence-electron chi connectivity index (χ1n) is 8.29. The lowest BCUT2D eigenvalue weighted by molar-refractivity contribution is -0.122. The van der Waals surface area contributed by atoms with Crippen LogP contribution in [0.5, 0.6) is 0 Å². The zero-order valence-electron chi connectivity index (χ0n) is 14.0. The number of ether oxygens (including phenoxy) is 1. The Morgan fingerprint density at radius 3 is 2.74 bits per heavy atom. The van der Waals surface area contributed by atoms with E-state index < -0.39 is 0 Å². The van der Waals surface area contributed by atoms with Crippen LogP contribution >= 0.6 is 0 Å². The maximum absolute atomic E-state index is 12.2. The molecule has 1 atom stereocenters. The number of amides is 2. The van der Waals surface area contributed by atoms with Crippen LogP contribution in [0, 0.1) is 5.92 Å². The highest BCUT2D eigenvalue weighted by molar-refractivity contribution is 5.76. The Labute approximate surface area is 138 Å². The van der Waals surface area contributed by atoms with Crippen LogP contribution < -0.4 is 5.32 Å². The van der Waals surface area contributed by atoms with E-state index in [1.54, 1.807) is 4.90 Å². The number of carbonyl (C=O) groups excluding carboxylic acids is 2. The molecule has 0 aliphatic carbocycles. The number of rotatable bonds is 5. The molecule has 5 nitrogen and oxygen atoms in total. The smallest absolute Gasteiger partial charge is 0.410 e. The van der Waals surface area contributed by atoms with Crippen molar-refractivity contribution < 1.29 is 14.3 Å². The van der Waals surface area contributed by atoms with Gasteiger partial charge < -0.3 is 15.0 Å². The van der Waals surface area contributed by atoms with Gasteiger partial charge in [-0.25, -0.2) is 4.79 Å². The molecule has 1 N–H and O–H groups in total. The standard InChI is InChI=1S/C18H26N2O3/c1-14(2)11-17(21)19-16-9-6-10-20(12-16)18(22)23-13-15-7-4-3-5-8-15/h3-5,7-8,14,16H,6,9-13H2,1-2H3,(H,19,21). The van der Waals surface area contributed by atoms with Crippen LogP contribution in [0.25, 0.3) is 0 Å². The molecule has 1 aliphatic heterocycles. The average molecular weight is 318 g/mol. The number of nitrogens with one attached hydrogen (secondary N) is 1. The van der Waals surface area contributed by atoms with Crippen molar-refractivity contribution in [2.45, 2.75) is 45.8 Å². The molecule has 126 valence electrons. The predicted molar refractivity (Wildman–Crippen MR) is 88.8 cm³/mol. The fourth-order valence-electron chi connectivity index (χ4n) is 2.73. The zero-order valence-corrected chi connectivity index (χ0v) is 14.0. The van der Waals surface area contributed by atoms with Gasteiger partial charge in [0, 0.05) is 25.6 Å². The van der Waals surface area contributed by atoms with Crippen LogP contribution in [0.1, 0.15) is 38.7 Å². The molecule has 0 aromatic heterocycles. The van der Waals surface area contributed by atoms with Crippen molar-refractivity contribution in [3.05, 3.63) is 35.9 Å². The highest BCUT2D eigenvalue weighted by Gasteiger charge is 2.25. The van der Waals surface area contributed by atoms with Crippen molar-refractivity contribution >= 4 is 12.0 Å². The maximum atomic E-state index is 12.2. The van der Waals surface area contributed by atoms with E-state index in [2.05, 4.69) is 5.32 Å². The highest BCUT2D eigenvalue weighted by atomic mass is 16.6. The van der Waals surface area contributed by atoms with Gasteiger partial charge in [-0.05, 0) is 24.3 Å². The summed E-state index contributed by atoms with van der Waals surface area (Å²) in [6.45, 7) is 5.53. The minimum Gasteiger partial charge on any atom is -0.445 e. The zero-order chi connectivity index (χ0) is 16.7. The van der Waals surface area contributed by atoms with Gasteiger partial charge in [-0.1, -0.05) is 44.2 Å². The average Bonchev–Trinajstić information content (AvgIpc) is 2.53. The quantitative estimate of drug-likeness (QED) is 0.908. The molecule has 23 heavy (non-hydrogen) atoms. The summed E-state index contributed by atoms with van der Waals surface area (Å²) in [5.41, 5.74) is 0.972. The van der Waals surface area contributed by atoms with Crippen LogP contribution in [0.4, 0.5) is 4.79 Å². The Bertz CT molecular complexity index is 516. The summed E-state index contributed by atoms with van der Waals surface area (Å²) in [4.78, 5) is 25.7. The van der Waals surface area contributed by atoms with Crippen molar-refractivity contribution in [1.82, 2.24) is 10.2 Å². The van der Waals surface area contributed by atoms with E-state index in [1.165, 1.54) is 0 Å². The van der Waals surface area contributed by atoms with Gasteiger partial charge >= 0.3 is 6.09 Å². The van der Waals surface area contributed by atoms with Gasteiger partial charge in [0.25, 0.3) is 0 Å². The summed E-state index contributed by atoms with van der Waals surface area (Å²) < 4.78 is 5.36. The monoisotopic (exact) mass is 318 g/mol. The fourth-order valence-corrected chi connectivity index (χ4v) is 2.73. The number of likely N-dealkylation sites (tertiary alicyclic amines) is 1. The number of carbonyl (C=O) groups is 2. The minimum absolute atomic E-state index is 0.0271. The highest BCUT2D eigenvalue weighted by Crippen LogP contribution is 2.13. The number of hydrogen-bond acceptors (Lipinski definition) is 3. The molecule has 0 saturated carbocycles.